The van der Waals surface area contributed by atoms with Crippen molar-refractivity contribution in [1.29, 1.82) is 0 Å². The maximum absolute atomic E-state index is 11.7. The third-order valence-electron chi connectivity index (χ3n) is 2.19. The van der Waals surface area contributed by atoms with Crippen molar-refractivity contribution in [3.63, 3.8) is 0 Å². The van der Waals surface area contributed by atoms with Crippen molar-refractivity contribution in [3.05, 3.63) is 34.2 Å². The van der Waals surface area contributed by atoms with Crippen LogP contribution >= 0.6 is 0 Å². The minimum atomic E-state index is -1.09. The monoisotopic (exact) mass is 222 g/mol. The molecular weight excluding hydrogens is 214 g/mol. The summed E-state index contributed by atoms with van der Waals surface area (Å²) in [6.07, 6.45) is 0. The Morgan fingerprint density at radius 1 is 1.38 bits per heavy atom. The second kappa shape index (κ2) is 3.51. The van der Waals surface area contributed by atoms with Gasteiger partial charge in [0.1, 0.15) is 5.58 Å². The molecule has 1 heterocycles. The Hall–Kier alpha value is -2.05. The van der Waals surface area contributed by atoms with E-state index in [1.165, 1.54) is 12.1 Å². The third-order valence-corrected chi connectivity index (χ3v) is 2.19. The highest BCUT2D eigenvalue weighted by Gasteiger charge is 2.12. The Kier molecular flexibility index (Phi) is 2.30. The van der Waals surface area contributed by atoms with Crippen LogP contribution in [0.4, 0.5) is 5.69 Å². The molecular formula is C10H8NO5-. The molecule has 0 aliphatic carbocycles. The van der Waals surface area contributed by atoms with Crippen LogP contribution in [0.5, 0.6) is 5.75 Å². The lowest BCUT2D eigenvalue weighted by atomic mass is 10.1. The fourth-order valence-corrected chi connectivity index (χ4v) is 1.45. The molecule has 1 aromatic carbocycles. The van der Waals surface area contributed by atoms with Crippen molar-refractivity contribution in [1.82, 2.24) is 0 Å². The molecule has 0 unspecified atom stereocenters. The van der Waals surface area contributed by atoms with Crippen molar-refractivity contribution >= 4 is 16.7 Å². The zero-order chi connectivity index (χ0) is 11.9. The minimum Gasteiger partial charge on any atom is -0.870 e. The van der Waals surface area contributed by atoms with Gasteiger partial charge in [0.05, 0.1) is 0 Å². The summed E-state index contributed by atoms with van der Waals surface area (Å²) < 4.78 is 4.77. The predicted molar refractivity (Wildman–Crippen MR) is 52.7 cm³/mol. The summed E-state index contributed by atoms with van der Waals surface area (Å²) in [4.78, 5) is 11.3. The Morgan fingerprint density at radius 2 is 2.06 bits per heavy atom. The van der Waals surface area contributed by atoms with Crippen LogP contribution in [0.25, 0.3) is 11.0 Å². The highest BCUT2D eigenvalue weighted by molar-refractivity contribution is 5.87. The van der Waals surface area contributed by atoms with E-state index in [-0.39, 0.29) is 11.0 Å². The Labute approximate surface area is 89.5 Å². The molecule has 0 aliphatic rings. The van der Waals surface area contributed by atoms with Crippen LogP contribution in [0.15, 0.2) is 27.4 Å². The summed E-state index contributed by atoms with van der Waals surface area (Å²) in [5, 5.41) is 28.8. The molecule has 6 nitrogen and oxygen atoms in total. The molecule has 0 aliphatic heterocycles. The van der Waals surface area contributed by atoms with E-state index in [1.807, 2.05) is 0 Å². The van der Waals surface area contributed by atoms with E-state index in [1.54, 1.807) is 13.0 Å². The molecule has 0 saturated heterocycles. The number of hydrogen-bond acceptors (Lipinski definition) is 6. The molecule has 0 saturated carbocycles. The first kappa shape index (κ1) is 10.5. The quantitative estimate of drug-likeness (QED) is 0.546. The topological polar surface area (TPSA) is 97.0 Å². The molecule has 0 atom stereocenters. The largest absolute Gasteiger partial charge is 0.870 e. The van der Waals surface area contributed by atoms with Gasteiger partial charge in [-0.25, -0.2) is 4.79 Å². The lowest BCUT2D eigenvalue weighted by molar-refractivity contribution is -0.266. The summed E-state index contributed by atoms with van der Waals surface area (Å²) in [6, 6.07) is 4.67. The van der Waals surface area contributed by atoms with Crippen LogP contribution < -0.4 is 16.0 Å². The van der Waals surface area contributed by atoms with Gasteiger partial charge in [-0.1, -0.05) is 17.4 Å². The van der Waals surface area contributed by atoms with Crippen LogP contribution in [0, 0.1) is 6.92 Å². The highest BCUT2D eigenvalue weighted by Crippen LogP contribution is 2.28. The van der Waals surface area contributed by atoms with Gasteiger partial charge < -0.3 is 9.52 Å². The molecule has 16 heavy (non-hydrogen) atoms. The summed E-state index contributed by atoms with van der Waals surface area (Å²) in [5.41, 5.74) is -0.998. The van der Waals surface area contributed by atoms with Gasteiger partial charge in [0, 0.05) is 5.39 Å². The number of nitrogens with zero attached hydrogens (tertiary/aromatic N) is 1. The van der Waals surface area contributed by atoms with E-state index in [2.05, 4.69) is 0 Å². The number of rotatable bonds is 1. The van der Waals surface area contributed by atoms with Crippen LogP contribution in [-0.4, -0.2) is 10.4 Å². The van der Waals surface area contributed by atoms with Crippen molar-refractivity contribution in [2.24, 2.45) is 0 Å². The molecule has 0 radical (unpaired) electrons. The van der Waals surface area contributed by atoms with E-state index < -0.39 is 22.3 Å². The van der Waals surface area contributed by atoms with E-state index in [0.29, 0.717) is 0 Å². The van der Waals surface area contributed by atoms with Crippen molar-refractivity contribution in [3.8, 4) is 5.75 Å². The number of anilines is 1. The van der Waals surface area contributed by atoms with Gasteiger partial charge in [0.25, 0.3) is 0 Å². The molecule has 84 valence electrons. The lowest BCUT2D eigenvalue weighted by Crippen LogP contribution is -2.22. The fraction of sp³-hybridized carbons (Fsp3) is 0.100. The van der Waals surface area contributed by atoms with E-state index >= 15 is 0 Å². The van der Waals surface area contributed by atoms with Gasteiger partial charge in [0.15, 0.2) is 5.69 Å². The Balaban J connectivity index is 2.91. The van der Waals surface area contributed by atoms with Gasteiger partial charge in [0.2, 0.25) is 0 Å². The third kappa shape index (κ3) is 1.50. The molecule has 1 aromatic heterocycles. The normalized spacial score (nSPS) is 10.7. The standard InChI is InChI=1S/C10H9NO5/c1-5-2-3-7-6(4-5)9(12)8(11(14)15)10(13)16-7/h2-4,12,14-15H,1H3/p-1. The first-order chi connectivity index (χ1) is 7.50. The van der Waals surface area contributed by atoms with Gasteiger partial charge in [-0.15, -0.1) is 5.23 Å². The van der Waals surface area contributed by atoms with E-state index in [0.717, 1.165) is 5.56 Å². The lowest BCUT2D eigenvalue weighted by Gasteiger charge is -2.17. The molecule has 0 amide bonds. The van der Waals surface area contributed by atoms with Gasteiger partial charge in [-0.2, -0.15) is 0 Å². The van der Waals surface area contributed by atoms with Gasteiger partial charge in [-0.3, -0.25) is 10.4 Å². The molecule has 0 fully saturated rings. The Bertz CT molecular complexity index is 602. The summed E-state index contributed by atoms with van der Waals surface area (Å²) in [5.74, 6) is -0.778. The van der Waals surface area contributed by atoms with Crippen molar-refractivity contribution in [2.45, 2.75) is 6.92 Å². The predicted octanol–water partition coefficient (Wildman–Crippen LogP) is 0.760. The number of aryl methyl sites for hydroxylation is 1. The van der Waals surface area contributed by atoms with E-state index in [9.17, 15) is 9.90 Å². The summed E-state index contributed by atoms with van der Waals surface area (Å²) in [7, 11) is 0. The van der Waals surface area contributed by atoms with E-state index in [4.69, 9.17) is 14.8 Å². The highest BCUT2D eigenvalue weighted by atomic mass is 16.8. The fourth-order valence-electron chi connectivity index (χ4n) is 1.45. The SMILES string of the molecule is Cc1ccc2oc(=O)c(N(O)O)c([O-])c2c1. The summed E-state index contributed by atoms with van der Waals surface area (Å²) >= 11 is 0. The van der Waals surface area contributed by atoms with Crippen molar-refractivity contribution < 1.29 is 19.9 Å². The molecule has 6 heteroatoms. The van der Waals surface area contributed by atoms with Crippen LogP contribution in [0.1, 0.15) is 5.56 Å². The zero-order valence-corrected chi connectivity index (χ0v) is 8.30. The van der Waals surface area contributed by atoms with Crippen molar-refractivity contribution in [2.75, 3.05) is 5.23 Å². The second-order valence-corrected chi connectivity index (χ2v) is 3.36. The number of hydrogen-bond donors (Lipinski definition) is 2. The van der Waals surface area contributed by atoms with Crippen LogP contribution in [-0.2, 0) is 0 Å². The molecule has 0 spiro atoms. The molecule has 2 N–H and O–H groups in total. The zero-order valence-electron chi connectivity index (χ0n) is 8.30. The first-order valence-electron chi connectivity index (χ1n) is 4.43. The van der Waals surface area contributed by atoms with Crippen LogP contribution in [0.2, 0.25) is 0 Å². The first-order valence-corrected chi connectivity index (χ1v) is 4.43. The molecule has 2 rings (SSSR count). The number of fused-ring (bicyclic) bond motifs is 1. The summed E-state index contributed by atoms with van der Waals surface area (Å²) in [6.45, 7) is 1.76. The average molecular weight is 222 g/mol. The average Bonchev–Trinajstić information content (AvgIpc) is 2.19. The smallest absolute Gasteiger partial charge is 0.364 e. The molecule has 2 aromatic rings. The molecule has 0 bridgehead atoms. The van der Waals surface area contributed by atoms with Gasteiger partial charge in [-0.05, 0) is 19.1 Å². The van der Waals surface area contributed by atoms with Crippen LogP contribution in [0.3, 0.4) is 0 Å². The maximum Gasteiger partial charge on any atom is 0.364 e. The second-order valence-electron chi connectivity index (χ2n) is 3.36. The minimum absolute atomic E-state index is 0.117. The Morgan fingerprint density at radius 3 is 2.69 bits per heavy atom. The van der Waals surface area contributed by atoms with Gasteiger partial charge >= 0.3 is 5.63 Å². The number of benzene rings is 1. The maximum atomic E-state index is 11.7.